The highest BCUT2D eigenvalue weighted by Crippen LogP contribution is 2.15. The zero-order valence-electron chi connectivity index (χ0n) is 11.2. The molecule has 1 aromatic heterocycles. The first kappa shape index (κ1) is 14.2. The monoisotopic (exact) mass is 251 g/mol. The Morgan fingerprint density at radius 1 is 1.44 bits per heavy atom. The minimum atomic E-state index is -0.378. The van der Waals surface area contributed by atoms with Gasteiger partial charge in [-0.25, -0.2) is 9.97 Å². The van der Waals surface area contributed by atoms with Crippen LogP contribution in [0.3, 0.4) is 0 Å². The number of nitrogens with zero attached hydrogens (tertiary/aromatic N) is 3. The number of likely N-dealkylation sites (N-methyl/N-ethyl adjacent to an activating group) is 1. The second kappa shape index (κ2) is 6.78. The third-order valence-electron chi connectivity index (χ3n) is 2.42. The molecule has 6 nitrogen and oxygen atoms in total. The molecule has 1 amide bonds. The molecule has 1 heterocycles. The average Bonchev–Trinajstić information content (AvgIpc) is 2.35. The van der Waals surface area contributed by atoms with Crippen molar-refractivity contribution >= 4 is 17.5 Å². The summed E-state index contributed by atoms with van der Waals surface area (Å²) in [6.45, 7) is 5.10. The second-order valence-electron chi connectivity index (χ2n) is 4.13. The number of carbonyl (C=O) groups excluding carboxylic acids is 1. The number of aryl methyl sites for hydroxylation is 1. The summed E-state index contributed by atoms with van der Waals surface area (Å²) >= 11 is 0. The number of hydrogen-bond donors (Lipinski definition) is 2. The quantitative estimate of drug-likeness (QED) is 0.748. The van der Waals surface area contributed by atoms with E-state index in [4.69, 9.17) is 5.73 Å². The first-order valence-electron chi connectivity index (χ1n) is 6.18. The summed E-state index contributed by atoms with van der Waals surface area (Å²) in [5.74, 6) is 1.87. The summed E-state index contributed by atoms with van der Waals surface area (Å²) in [4.78, 5) is 21.4. The minimum Gasteiger partial charge on any atom is -0.370 e. The first-order valence-corrected chi connectivity index (χ1v) is 6.18. The molecule has 0 aliphatic rings. The van der Waals surface area contributed by atoms with Gasteiger partial charge in [0.1, 0.15) is 17.5 Å². The fraction of sp³-hybridized carbons (Fsp3) is 0.583. The van der Waals surface area contributed by atoms with Crippen LogP contribution in [-0.2, 0) is 11.2 Å². The second-order valence-corrected chi connectivity index (χ2v) is 4.13. The molecular formula is C12H21N5O. The van der Waals surface area contributed by atoms with E-state index in [1.54, 1.807) is 11.9 Å². The highest BCUT2D eigenvalue weighted by Gasteiger charge is 2.09. The molecule has 3 N–H and O–H groups in total. The lowest BCUT2D eigenvalue weighted by atomic mass is 10.4. The van der Waals surface area contributed by atoms with Crippen molar-refractivity contribution in [2.45, 2.75) is 26.7 Å². The minimum absolute atomic E-state index is 0.146. The molecule has 0 bridgehead atoms. The number of hydrogen-bond acceptors (Lipinski definition) is 5. The number of amides is 1. The summed E-state index contributed by atoms with van der Waals surface area (Å²) in [6.07, 6.45) is 1.77. The molecule has 0 saturated carbocycles. The maximum atomic E-state index is 10.9. The fourth-order valence-electron chi connectivity index (χ4n) is 1.50. The van der Waals surface area contributed by atoms with E-state index in [0.717, 1.165) is 31.0 Å². The van der Waals surface area contributed by atoms with Crippen LogP contribution in [0, 0.1) is 0 Å². The Bertz CT molecular complexity index is 407. The van der Waals surface area contributed by atoms with E-state index in [0.29, 0.717) is 5.82 Å². The van der Waals surface area contributed by atoms with Gasteiger partial charge < -0.3 is 16.0 Å². The number of nitrogens with two attached hydrogens (primary N) is 1. The molecular weight excluding hydrogens is 230 g/mol. The molecule has 0 aromatic carbocycles. The number of anilines is 2. The normalized spacial score (nSPS) is 10.2. The highest BCUT2D eigenvalue weighted by atomic mass is 16.1. The number of primary amides is 1. The van der Waals surface area contributed by atoms with Crippen LogP contribution in [0.25, 0.3) is 0 Å². The van der Waals surface area contributed by atoms with E-state index in [2.05, 4.69) is 22.2 Å². The molecule has 0 radical (unpaired) electrons. The molecule has 1 aromatic rings. The molecule has 100 valence electrons. The highest BCUT2D eigenvalue weighted by molar-refractivity contribution is 5.79. The Kier molecular flexibility index (Phi) is 5.35. The van der Waals surface area contributed by atoms with Crippen LogP contribution in [0.15, 0.2) is 6.07 Å². The molecule has 0 aliphatic heterocycles. The Balaban J connectivity index is 2.92. The molecule has 0 aliphatic carbocycles. The Labute approximate surface area is 108 Å². The van der Waals surface area contributed by atoms with Gasteiger partial charge in [-0.05, 0) is 6.42 Å². The van der Waals surface area contributed by atoms with Crippen molar-refractivity contribution in [3.8, 4) is 0 Å². The summed E-state index contributed by atoms with van der Waals surface area (Å²) in [7, 11) is 1.79. The Hall–Kier alpha value is -1.85. The van der Waals surface area contributed by atoms with Gasteiger partial charge in [0.15, 0.2) is 0 Å². The predicted octanol–water partition coefficient (Wildman–Crippen LogP) is 0.782. The molecule has 18 heavy (non-hydrogen) atoms. The number of carbonyl (C=O) groups is 1. The maximum Gasteiger partial charge on any atom is 0.236 e. The van der Waals surface area contributed by atoms with Crippen molar-refractivity contribution in [2.24, 2.45) is 5.73 Å². The van der Waals surface area contributed by atoms with Crippen LogP contribution < -0.4 is 16.0 Å². The molecule has 6 heteroatoms. The molecule has 0 spiro atoms. The number of nitrogens with one attached hydrogen (secondary N) is 1. The average molecular weight is 251 g/mol. The molecule has 1 rings (SSSR count). The molecule has 0 atom stereocenters. The van der Waals surface area contributed by atoms with Crippen molar-refractivity contribution < 1.29 is 4.79 Å². The lowest BCUT2D eigenvalue weighted by molar-refractivity contribution is -0.116. The van der Waals surface area contributed by atoms with E-state index < -0.39 is 0 Å². The van der Waals surface area contributed by atoms with Gasteiger partial charge >= 0.3 is 0 Å². The topological polar surface area (TPSA) is 84.1 Å². The zero-order chi connectivity index (χ0) is 13.5. The first-order chi connectivity index (χ1) is 8.56. The van der Waals surface area contributed by atoms with Crippen LogP contribution in [0.4, 0.5) is 11.6 Å². The Morgan fingerprint density at radius 2 is 2.17 bits per heavy atom. The van der Waals surface area contributed by atoms with Gasteiger partial charge in [-0.15, -0.1) is 0 Å². The molecule has 0 saturated heterocycles. The summed E-state index contributed by atoms with van der Waals surface area (Å²) in [5.41, 5.74) is 5.18. The van der Waals surface area contributed by atoms with Crippen LogP contribution in [0.1, 0.15) is 26.1 Å². The van der Waals surface area contributed by atoms with Gasteiger partial charge in [-0.2, -0.15) is 0 Å². The predicted molar refractivity (Wildman–Crippen MR) is 72.7 cm³/mol. The van der Waals surface area contributed by atoms with Crippen molar-refractivity contribution in [2.75, 3.05) is 30.4 Å². The van der Waals surface area contributed by atoms with Gasteiger partial charge in [0, 0.05) is 26.1 Å². The van der Waals surface area contributed by atoms with E-state index in [1.165, 1.54) is 0 Å². The summed E-state index contributed by atoms with van der Waals surface area (Å²) in [6, 6.07) is 1.83. The van der Waals surface area contributed by atoms with Gasteiger partial charge in [0.25, 0.3) is 0 Å². The SMILES string of the molecule is CCCNc1cc(N(C)CC(N)=O)nc(CC)n1. The third kappa shape index (κ3) is 4.20. The zero-order valence-corrected chi connectivity index (χ0v) is 11.2. The van der Waals surface area contributed by atoms with Crippen molar-refractivity contribution in [1.82, 2.24) is 9.97 Å². The van der Waals surface area contributed by atoms with E-state index >= 15 is 0 Å². The third-order valence-corrected chi connectivity index (χ3v) is 2.42. The maximum absolute atomic E-state index is 10.9. The van der Waals surface area contributed by atoms with E-state index in [9.17, 15) is 4.79 Å². The summed E-state index contributed by atoms with van der Waals surface area (Å²) < 4.78 is 0. The lowest BCUT2D eigenvalue weighted by Gasteiger charge is -2.18. The van der Waals surface area contributed by atoms with Crippen molar-refractivity contribution in [1.29, 1.82) is 0 Å². The number of rotatable bonds is 7. The number of aromatic nitrogens is 2. The largest absolute Gasteiger partial charge is 0.370 e. The summed E-state index contributed by atoms with van der Waals surface area (Å²) in [5, 5.41) is 3.22. The van der Waals surface area contributed by atoms with Gasteiger partial charge in [-0.1, -0.05) is 13.8 Å². The van der Waals surface area contributed by atoms with Crippen LogP contribution in [0.2, 0.25) is 0 Å². The van der Waals surface area contributed by atoms with E-state index in [-0.39, 0.29) is 12.5 Å². The lowest BCUT2D eigenvalue weighted by Crippen LogP contribution is -2.31. The standard InChI is InChI=1S/C12H21N5O/c1-4-6-14-11-7-12(16-10(5-2)15-11)17(3)8-9(13)18/h7H,4-6,8H2,1-3H3,(H2,13,18)(H,14,15,16). The molecule has 0 unspecified atom stereocenters. The van der Waals surface area contributed by atoms with Crippen molar-refractivity contribution in [3.63, 3.8) is 0 Å². The van der Waals surface area contributed by atoms with Gasteiger partial charge in [-0.3, -0.25) is 4.79 Å². The molecule has 0 fully saturated rings. The van der Waals surface area contributed by atoms with Crippen LogP contribution in [-0.4, -0.2) is 36.0 Å². The van der Waals surface area contributed by atoms with Crippen LogP contribution >= 0.6 is 0 Å². The van der Waals surface area contributed by atoms with Crippen molar-refractivity contribution in [3.05, 3.63) is 11.9 Å². The van der Waals surface area contributed by atoms with Gasteiger partial charge in [0.2, 0.25) is 5.91 Å². The van der Waals surface area contributed by atoms with E-state index in [1.807, 2.05) is 13.0 Å². The smallest absolute Gasteiger partial charge is 0.236 e. The van der Waals surface area contributed by atoms with Crippen LogP contribution in [0.5, 0.6) is 0 Å². The van der Waals surface area contributed by atoms with Gasteiger partial charge in [0.05, 0.1) is 6.54 Å². The fourth-order valence-corrected chi connectivity index (χ4v) is 1.50. The Morgan fingerprint density at radius 3 is 2.72 bits per heavy atom.